The van der Waals surface area contributed by atoms with E-state index in [0.717, 1.165) is 18.6 Å². The average molecular weight is 259 g/mol. The third-order valence-electron chi connectivity index (χ3n) is 3.02. The monoisotopic (exact) mass is 259 g/mol. The van der Waals surface area contributed by atoms with E-state index in [2.05, 4.69) is 15.5 Å². The molecule has 1 saturated carbocycles. The van der Waals surface area contributed by atoms with Gasteiger partial charge in [-0.25, -0.2) is 0 Å². The van der Waals surface area contributed by atoms with Gasteiger partial charge in [-0.15, -0.1) is 5.10 Å². The van der Waals surface area contributed by atoms with E-state index in [1.54, 1.807) is 12.1 Å². The molecule has 2 heterocycles. The summed E-state index contributed by atoms with van der Waals surface area (Å²) in [6.07, 6.45) is 5.18. The van der Waals surface area contributed by atoms with Crippen molar-refractivity contribution in [1.82, 2.24) is 10.2 Å². The molecule has 0 aromatic carbocycles. The summed E-state index contributed by atoms with van der Waals surface area (Å²) >= 11 is 0. The summed E-state index contributed by atoms with van der Waals surface area (Å²) < 4.78 is 10.5. The maximum Gasteiger partial charge on any atom is 0.260 e. The SMILES string of the molecule is COc1ccnnc1NC(=O)c1ccoc1C1CC1. The number of anilines is 1. The van der Waals surface area contributed by atoms with Crippen LogP contribution in [0, 0.1) is 0 Å². The van der Waals surface area contributed by atoms with Gasteiger partial charge in [0.25, 0.3) is 5.91 Å². The summed E-state index contributed by atoms with van der Waals surface area (Å²) in [5.41, 5.74) is 0.551. The van der Waals surface area contributed by atoms with Gasteiger partial charge in [0.15, 0.2) is 11.6 Å². The number of hydrogen-bond acceptors (Lipinski definition) is 5. The molecular formula is C13H13N3O3. The first-order valence-electron chi connectivity index (χ1n) is 6.04. The van der Waals surface area contributed by atoms with Crippen LogP contribution in [0.25, 0.3) is 0 Å². The van der Waals surface area contributed by atoms with Crippen molar-refractivity contribution in [2.24, 2.45) is 0 Å². The first-order chi connectivity index (χ1) is 9.29. The molecule has 1 aliphatic carbocycles. The molecule has 1 fully saturated rings. The largest absolute Gasteiger partial charge is 0.493 e. The number of nitrogens with zero attached hydrogens (tertiary/aromatic N) is 2. The van der Waals surface area contributed by atoms with E-state index < -0.39 is 0 Å². The smallest absolute Gasteiger partial charge is 0.260 e. The van der Waals surface area contributed by atoms with Crippen LogP contribution < -0.4 is 10.1 Å². The number of furan rings is 1. The summed E-state index contributed by atoms with van der Waals surface area (Å²) in [4.78, 5) is 12.2. The molecule has 6 heteroatoms. The molecule has 0 aliphatic heterocycles. The molecule has 0 bridgehead atoms. The highest BCUT2D eigenvalue weighted by Gasteiger charge is 2.31. The van der Waals surface area contributed by atoms with Crippen molar-refractivity contribution in [3.05, 3.63) is 35.9 Å². The zero-order chi connectivity index (χ0) is 13.2. The van der Waals surface area contributed by atoms with Crippen molar-refractivity contribution in [3.8, 4) is 5.75 Å². The summed E-state index contributed by atoms with van der Waals surface area (Å²) in [6, 6.07) is 3.31. The van der Waals surface area contributed by atoms with E-state index in [4.69, 9.17) is 9.15 Å². The highest BCUT2D eigenvalue weighted by atomic mass is 16.5. The van der Waals surface area contributed by atoms with Gasteiger partial charge in [-0.3, -0.25) is 4.79 Å². The molecule has 0 unspecified atom stereocenters. The normalized spacial score (nSPS) is 14.2. The molecule has 19 heavy (non-hydrogen) atoms. The van der Waals surface area contributed by atoms with Crippen LogP contribution in [0.4, 0.5) is 5.82 Å². The van der Waals surface area contributed by atoms with E-state index in [0.29, 0.717) is 23.0 Å². The van der Waals surface area contributed by atoms with Crippen LogP contribution in [0.5, 0.6) is 5.75 Å². The predicted molar refractivity (Wildman–Crippen MR) is 67.2 cm³/mol. The third-order valence-corrected chi connectivity index (χ3v) is 3.02. The van der Waals surface area contributed by atoms with Crippen LogP contribution in [-0.4, -0.2) is 23.2 Å². The third kappa shape index (κ3) is 2.29. The fraction of sp³-hybridized carbons (Fsp3) is 0.308. The molecular weight excluding hydrogens is 246 g/mol. The van der Waals surface area contributed by atoms with E-state index >= 15 is 0 Å². The van der Waals surface area contributed by atoms with Crippen molar-refractivity contribution in [2.45, 2.75) is 18.8 Å². The second-order valence-electron chi connectivity index (χ2n) is 4.38. The lowest BCUT2D eigenvalue weighted by molar-refractivity contribution is 0.102. The molecule has 0 atom stereocenters. The molecule has 2 aromatic rings. The lowest BCUT2D eigenvalue weighted by Crippen LogP contribution is -2.14. The van der Waals surface area contributed by atoms with Crippen molar-refractivity contribution < 1.29 is 13.9 Å². The second kappa shape index (κ2) is 4.72. The van der Waals surface area contributed by atoms with Gasteiger partial charge in [-0.1, -0.05) is 0 Å². The van der Waals surface area contributed by atoms with Crippen LogP contribution in [0.1, 0.15) is 34.9 Å². The molecule has 0 saturated heterocycles. The van der Waals surface area contributed by atoms with Gasteiger partial charge < -0.3 is 14.5 Å². The van der Waals surface area contributed by atoms with Crippen molar-refractivity contribution in [3.63, 3.8) is 0 Å². The molecule has 1 N–H and O–H groups in total. The maximum absolute atomic E-state index is 12.2. The Hall–Kier alpha value is -2.37. The predicted octanol–water partition coefficient (Wildman–Crippen LogP) is 2.21. The van der Waals surface area contributed by atoms with E-state index in [9.17, 15) is 4.79 Å². The Labute approximate surface area is 109 Å². The molecule has 1 amide bonds. The fourth-order valence-electron chi connectivity index (χ4n) is 1.92. The molecule has 3 rings (SSSR count). The summed E-state index contributed by atoms with van der Waals surface area (Å²) in [7, 11) is 1.51. The number of carbonyl (C=O) groups excluding carboxylic acids is 1. The van der Waals surface area contributed by atoms with Gasteiger partial charge in [0.05, 0.1) is 25.1 Å². The standard InChI is InChI=1S/C13H13N3O3/c1-18-10-4-6-14-16-12(10)15-13(17)9-5-7-19-11(9)8-2-3-8/h4-8H,2-3H2,1H3,(H,15,16,17). The zero-order valence-electron chi connectivity index (χ0n) is 10.4. The Bertz CT molecular complexity index is 605. The molecule has 0 spiro atoms. The van der Waals surface area contributed by atoms with Crippen LogP contribution >= 0.6 is 0 Å². The van der Waals surface area contributed by atoms with Gasteiger partial charge in [-0.2, -0.15) is 5.10 Å². The van der Waals surface area contributed by atoms with Crippen LogP contribution in [-0.2, 0) is 0 Å². The number of amides is 1. The minimum Gasteiger partial charge on any atom is -0.493 e. The fourth-order valence-corrected chi connectivity index (χ4v) is 1.92. The van der Waals surface area contributed by atoms with Crippen LogP contribution in [0.2, 0.25) is 0 Å². The van der Waals surface area contributed by atoms with Crippen LogP contribution in [0.3, 0.4) is 0 Å². The average Bonchev–Trinajstić information content (AvgIpc) is 3.16. The van der Waals surface area contributed by atoms with Crippen molar-refractivity contribution in [1.29, 1.82) is 0 Å². The maximum atomic E-state index is 12.2. The van der Waals surface area contributed by atoms with E-state index in [-0.39, 0.29) is 5.91 Å². The Kier molecular flexibility index (Phi) is 2.91. The van der Waals surface area contributed by atoms with Crippen LogP contribution in [0.15, 0.2) is 29.0 Å². The number of methoxy groups -OCH3 is 1. The van der Waals surface area contributed by atoms with E-state index in [1.165, 1.54) is 19.6 Å². The highest BCUT2D eigenvalue weighted by molar-refractivity contribution is 6.05. The number of rotatable bonds is 4. The number of nitrogens with one attached hydrogen (secondary N) is 1. The van der Waals surface area contributed by atoms with Crippen molar-refractivity contribution >= 4 is 11.7 Å². The minimum atomic E-state index is -0.255. The van der Waals surface area contributed by atoms with Crippen molar-refractivity contribution in [2.75, 3.05) is 12.4 Å². The Morgan fingerprint density at radius 1 is 1.47 bits per heavy atom. The Morgan fingerprint density at radius 3 is 3.05 bits per heavy atom. The number of hydrogen-bond donors (Lipinski definition) is 1. The first kappa shape index (κ1) is 11.7. The Morgan fingerprint density at radius 2 is 2.32 bits per heavy atom. The number of carbonyl (C=O) groups is 1. The minimum absolute atomic E-state index is 0.255. The van der Waals surface area contributed by atoms with E-state index in [1.807, 2.05) is 0 Å². The van der Waals surface area contributed by atoms with Gasteiger partial charge in [-0.05, 0) is 18.9 Å². The summed E-state index contributed by atoms with van der Waals surface area (Å²) in [5.74, 6) is 1.65. The summed E-state index contributed by atoms with van der Waals surface area (Å²) in [5, 5.41) is 10.3. The molecule has 0 radical (unpaired) electrons. The molecule has 6 nitrogen and oxygen atoms in total. The lowest BCUT2D eigenvalue weighted by Gasteiger charge is -2.07. The van der Waals surface area contributed by atoms with Gasteiger partial charge >= 0.3 is 0 Å². The topological polar surface area (TPSA) is 77.3 Å². The zero-order valence-corrected chi connectivity index (χ0v) is 10.4. The molecule has 98 valence electrons. The number of ether oxygens (including phenoxy) is 1. The second-order valence-corrected chi connectivity index (χ2v) is 4.38. The first-order valence-corrected chi connectivity index (χ1v) is 6.04. The molecule has 2 aromatic heterocycles. The number of aromatic nitrogens is 2. The highest BCUT2D eigenvalue weighted by Crippen LogP contribution is 2.42. The van der Waals surface area contributed by atoms with Gasteiger partial charge in [0.2, 0.25) is 0 Å². The van der Waals surface area contributed by atoms with Gasteiger partial charge in [0, 0.05) is 12.0 Å². The lowest BCUT2D eigenvalue weighted by atomic mass is 10.2. The quantitative estimate of drug-likeness (QED) is 0.910. The van der Waals surface area contributed by atoms with Gasteiger partial charge in [0.1, 0.15) is 5.76 Å². The Balaban J connectivity index is 1.82. The summed E-state index contributed by atoms with van der Waals surface area (Å²) in [6.45, 7) is 0. The molecule has 1 aliphatic rings.